The Hall–Kier alpha value is -2.89. The Morgan fingerprint density at radius 3 is 2.79 bits per heavy atom. The number of fused-ring (bicyclic) bond motifs is 2. The maximum Gasteiger partial charge on any atom is 0.256 e. The van der Waals surface area contributed by atoms with Gasteiger partial charge in [-0.2, -0.15) is 0 Å². The predicted octanol–water partition coefficient (Wildman–Crippen LogP) is 3.48. The Balaban J connectivity index is 1.73. The summed E-state index contributed by atoms with van der Waals surface area (Å²) in [5.41, 5.74) is 1.13. The molecule has 1 aromatic heterocycles. The second-order valence-electron chi connectivity index (χ2n) is 5.66. The fourth-order valence-corrected chi connectivity index (χ4v) is 3.02. The number of carbonyl (C=O) groups is 1. The van der Waals surface area contributed by atoms with Gasteiger partial charge >= 0.3 is 0 Å². The van der Waals surface area contributed by atoms with Gasteiger partial charge in [0.05, 0.1) is 18.7 Å². The number of aromatic amines is 1. The Bertz CT molecular complexity index is 936. The molecule has 0 saturated heterocycles. The molecule has 6 heteroatoms. The number of benzene rings is 2. The summed E-state index contributed by atoms with van der Waals surface area (Å²) >= 11 is 0. The minimum absolute atomic E-state index is 0.0853. The first-order chi connectivity index (χ1) is 11.6. The van der Waals surface area contributed by atoms with Gasteiger partial charge in [-0.05, 0) is 24.3 Å². The lowest BCUT2D eigenvalue weighted by atomic mass is 10.1. The van der Waals surface area contributed by atoms with Crippen LogP contribution in [0.5, 0.6) is 5.75 Å². The molecule has 4 rings (SSSR count). The minimum atomic E-state index is -0.463. The van der Waals surface area contributed by atoms with Crippen molar-refractivity contribution < 1.29 is 18.3 Å². The fourth-order valence-electron chi connectivity index (χ4n) is 3.02. The first-order valence-corrected chi connectivity index (χ1v) is 7.60. The molecule has 4 nitrogen and oxygen atoms in total. The largest absolute Gasteiger partial charge is 0.491 e. The Morgan fingerprint density at radius 1 is 1.12 bits per heavy atom. The van der Waals surface area contributed by atoms with Crippen LogP contribution in [0.4, 0.5) is 8.78 Å². The zero-order valence-electron chi connectivity index (χ0n) is 12.7. The van der Waals surface area contributed by atoms with E-state index in [0.29, 0.717) is 23.4 Å². The van der Waals surface area contributed by atoms with Crippen molar-refractivity contribution in [1.82, 2.24) is 9.88 Å². The highest BCUT2D eigenvalue weighted by Crippen LogP contribution is 2.28. The second-order valence-corrected chi connectivity index (χ2v) is 5.66. The van der Waals surface area contributed by atoms with E-state index in [1.54, 1.807) is 24.3 Å². The first-order valence-electron chi connectivity index (χ1n) is 7.60. The molecular weight excluding hydrogens is 314 g/mol. The van der Waals surface area contributed by atoms with Crippen LogP contribution in [0.25, 0.3) is 10.9 Å². The van der Waals surface area contributed by atoms with E-state index in [0.717, 1.165) is 0 Å². The van der Waals surface area contributed by atoms with Crippen molar-refractivity contribution in [2.75, 3.05) is 13.2 Å². The number of rotatable bonds is 1. The summed E-state index contributed by atoms with van der Waals surface area (Å²) < 4.78 is 33.7. The monoisotopic (exact) mass is 328 g/mol. The minimum Gasteiger partial charge on any atom is -0.491 e. The Labute approximate surface area is 136 Å². The molecule has 0 spiro atoms. The van der Waals surface area contributed by atoms with E-state index in [2.05, 4.69) is 4.98 Å². The molecule has 1 amide bonds. The third kappa shape index (κ3) is 2.31. The van der Waals surface area contributed by atoms with Gasteiger partial charge < -0.3 is 14.6 Å². The van der Waals surface area contributed by atoms with Gasteiger partial charge in [-0.25, -0.2) is 8.78 Å². The quantitative estimate of drug-likeness (QED) is 0.743. The van der Waals surface area contributed by atoms with Gasteiger partial charge in [0.25, 0.3) is 5.91 Å². The van der Waals surface area contributed by atoms with Gasteiger partial charge in [-0.3, -0.25) is 4.79 Å². The molecule has 0 fully saturated rings. The molecule has 24 heavy (non-hydrogen) atoms. The summed E-state index contributed by atoms with van der Waals surface area (Å²) in [6, 6.07) is 9.18. The summed E-state index contributed by atoms with van der Waals surface area (Å²) in [4.78, 5) is 17.2. The van der Waals surface area contributed by atoms with Gasteiger partial charge in [0, 0.05) is 22.7 Å². The average molecular weight is 328 g/mol. The van der Waals surface area contributed by atoms with Crippen LogP contribution in [0.2, 0.25) is 0 Å². The number of halogens is 2. The van der Waals surface area contributed by atoms with Crippen molar-refractivity contribution in [3.8, 4) is 5.75 Å². The Morgan fingerprint density at radius 2 is 1.92 bits per heavy atom. The van der Waals surface area contributed by atoms with E-state index < -0.39 is 11.6 Å². The van der Waals surface area contributed by atoms with E-state index in [9.17, 15) is 13.6 Å². The number of H-pyrrole nitrogens is 1. The normalized spacial score (nSPS) is 14.2. The molecule has 0 saturated carbocycles. The number of carbonyl (C=O) groups excluding carboxylic acids is 1. The lowest BCUT2D eigenvalue weighted by Gasteiger charge is -2.19. The summed E-state index contributed by atoms with van der Waals surface area (Å²) in [6.07, 6.45) is 1.49. The van der Waals surface area contributed by atoms with Gasteiger partial charge in [0.2, 0.25) is 0 Å². The average Bonchev–Trinajstić information content (AvgIpc) is 2.88. The van der Waals surface area contributed by atoms with E-state index in [-0.39, 0.29) is 30.0 Å². The number of aromatic nitrogens is 1. The number of ether oxygens (including phenoxy) is 1. The molecule has 0 unspecified atom stereocenters. The van der Waals surface area contributed by atoms with Crippen molar-refractivity contribution >= 4 is 16.8 Å². The van der Waals surface area contributed by atoms with E-state index in [1.165, 1.54) is 23.2 Å². The highest BCUT2D eigenvalue weighted by molar-refractivity contribution is 6.06. The summed E-state index contributed by atoms with van der Waals surface area (Å²) in [7, 11) is 0. The topological polar surface area (TPSA) is 45.3 Å². The van der Waals surface area contributed by atoms with E-state index >= 15 is 0 Å². The molecule has 0 radical (unpaired) electrons. The number of hydrogen-bond acceptors (Lipinski definition) is 2. The summed E-state index contributed by atoms with van der Waals surface area (Å²) in [5, 5.41) is 0.251. The predicted molar refractivity (Wildman–Crippen MR) is 84.9 cm³/mol. The molecule has 1 aliphatic heterocycles. The van der Waals surface area contributed by atoms with Crippen molar-refractivity contribution in [2.45, 2.75) is 6.54 Å². The molecule has 2 heterocycles. The molecule has 1 aliphatic rings. The standard InChI is InChI=1S/C18H14F2N2O2/c19-13-3-2-6-16-12(13)10-22(7-8-24-16)18(23)11-9-21-15-5-1-4-14(20)17(11)15/h1-6,9,21H,7-8,10H2. The maximum atomic E-state index is 14.1. The van der Waals surface area contributed by atoms with Gasteiger partial charge in [-0.1, -0.05) is 12.1 Å². The second kappa shape index (κ2) is 5.63. The molecule has 1 N–H and O–H groups in total. The summed E-state index contributed by atoms with van der Waals surface area (Å²) in [5.74, 6) is -0.798. The van der Waals surface area contributed by atoms with Crippen LogP contribution in [0, 0.1) is 11.6 Å². The fraction of sp³-hybridized carbons (Fsp3) is 0.167. The van der Waals surface area contributed by atoms with Crippen molar-refractivity contribution in [3.63, 3.8) is 0 Å². The molecular formula is C18H14F2N2O2. The van der Waals surface area contributed by atoms with Crippen molar-refractivity contribution in [1.29, 1.82) is 0 Å². The third-order valence-electron chi connectivity index (χ3n) is 4.22. The molecule has 0 atom stereocenters. The number of nitrogens with one attached hydrogen (secondary N) is 1. The zero-order valence-corrected chi connectivity index (χ0v) is 12.7. The summed E-state index contributed by atoms with van der Waals surface area (Å²) in [6.45, 7) is 0.642. The SMILES string of the molecule is O=C(c1c[nH]c2cccc(F)c12)N1CCOc2cccc(F)c2C1. The lowest BCUT2D eigenvalue weighted by Crippen LogP contribution is -2.32. The smallest absolute Gasteiger partial charge is 0.256 e. The lowest BCUT2D eigenvalue weighted by molar-refractivity contribution is 0.0734. The molecule has 2 aromatic carbocycles. The number of amides is 1. The van der Waals surface area contributed by atoms with Crippen LogP contribution in [-0.2, 0) is 6.54 Å². The van der Waals surface area contributed by atoms with Crippen LogP contribution >= 0.6 is 0 Å². The highest BCUT2D eigenvalue weighted by atomic mass is 19.1. The van der Waals surface area contributed by atoms with Gasteiger partial charge in [0.15, 0.2) is 0 Å². The van der Waals surface area contributed by atoms with Crippen molar-refractivity contribution in [2.24, 2.45) is 0 Å². The molecule has 3 aromatic rings. The zero-order chi connectivity index (χ0) is 16.7. The molecule has 0 aliphatic carbocycles. The third-order valence-corrected chi connectivity index (χ3v) is 4.22. The maximum absolute atomic E-state index is 14.1. The van der Waals surface area contributed by atoms with Gasteiger partial charge in [-0.15, -0.1) is 0 Å². The highest BCUT2D eigenvalue weighted by Gasteiger charge is 2.25. The van der Waals surface area contributed by atoms with Crippen LogP contribution < -0.4 is 4.74 Å². The molecule has 122 valence electrons. The van der Waals surface area contributed by atoms with Crippen LogP contribution in [0.1, 0.15) is 15.9 Å². The number of hydrogen-bond donors (Lipinski definition) is 1. The van der Waals surface area contributed by atoms with Crippen LogP contribution in [0.3, 0.4) is 0 Å². The van der Waals surface area contributed by atoms with Crippen LogP contribution in [0.15, 0.2) is 42.6 Å². The number of nitrogens with zero attached hydrogens (tertiary/aromatic N) is 1. The van der Waals surface area contributed by atoms with Gasteiger partial charge in [0.1, 0.15) is 24.0 Å². The Kier molecular flexibility index (Phi) is 3.45. The van der Waals surface area contributed by atoms with E-state index in [4.69, 9.17) is 4.74 Å². The van der Waals surface area contributed by atoms with Crippen LogP contribution in [-0.4, -0.2) is 28.9 Å². The van der Waals surface area contributed by atoms with E-state index in [1.807, 2.05) is 0 Å². The first kappa shape index (κ1) is 14.7. The molecule has 0 bridgehead atoms. The van der Waals surface area contributed by atoms with Crippen molar-refractivity contribution in [3.05, 3.63) is 65.4 Å².